The molecule has 5 heteroatoms. The molecule has 1 fully saturated rings. The van der Waals surface area contributed by atoms with Gasteiger partial charge in [0.05, 0.1) is 0 Å². The summed E-state index contributed by atoms with van der Waals surface area (Å²) in [5, 5.41) is 0. The van der Waals surface area contributed by atoms with Gasteiger partial charge in [0.25, 0.3) is 0 Å². The van der Waals surface area contributed by atoms with Gasteiger partial charge in [-0.2, -0.15) is 0 Å². The topological polar surface area (TPSA) is 77.5 Å². The van der Waals surface area contributed by atoms with Crippen molar-refractivity contribution in [3.8, 4) is 0 Å². The fourth-order valence-electron chi connectivity index (χ4n) is 3.65. The minimum Gasteiger partial charge on any atom is -0.377 e. The van der Waals surface area contributed by atoms with Gasteiger partial charge in [-0.1, -0.05) is 6.92 Å². The second-order valence-corrected chi connectivity index (χ2v) is 6.88. The van der Waals surface area contributed by atoms with Crippen molar-refractivity contribution in [1.82, 2.24) is 0 Å². The quantitative estimate of drug-likeness (QED) is 0.579. The first kappa shape index (κ1) is 20.7. The lowest BCUT2D eigenvalue weighted by molar-refractivity contribution is -0.132. The van der Waals surface area contributed by atoms with E-state index in [0.717, 1.165) is 6.42 Å². The molecular formula is C19H30O5. The van der Waals surface area contributed by atoms with E-state index >= 15 is 0 Å². The monoisotopic (exact) mass is 338 g/mol. The number of methoxy groups -OCH3 is 1. The van der Waals surface area contributed by atoms with Crippen LogP contribution >= 0.6 is 0 Å². The molecule has 0 heterocycles. The summed E-state index contributed by atoms with van der Waals surface area (Å²) in [5.41, 5.74) is 0. The van der Waals surface area contributed by atoms with E-state index in [1.165, 1.54) is 7.11 Å². The van der Waals surface area contributed by atoms with E-state index in [0.29, 0.717) is 32.1 Å². The van der Waals surface area contributed by atoms with Crippen molar-refractivity contribution in [3.63, 3.8) is 0 Å². The van der Waals surface area contributed by atoms with E-state index in [1.807, 2.05) is 6.92 Å². The van der Waals surface area contributed by atoms with Gasteiger partial charge in [-0.25, -0.2) is 0 Å². The number of hydrogen-bond acceptors (Lipinski definition) is 5. The van der Waals surface area contributed by atoms with Crippen molar-refractivity contribution in [2.75, 3.05) is 13.7 Å². The highest BCUT2D eigenvalue weighted by Gasteiger charge is 2.36. The minimum atomic E-state index is -0.0850. The maximum absolute atomic E-state index is 12.4. The van der Waals surface area contributed by atoms with Gasteiger partial charge in [-0.05, 0) is 38.5 Å². The van der Waals surface area contributed by atoms with E-state index in [2.05, 4.69) is 0 Å². The van der Waals surface area contributed by atoms with Crippen molar-refractivity contribution >= 4 is 23.1 Å². The van der Waals surface area contributed by atoms with Gasteiger partial charge < -0.3 is 9.53 Å². The molecule has 0 saturated heterocycles. The molecule has 1 saturated carbocycles. The SMILES string of the molecule is CCC(=O)C1CCC(C(=O)CCC(=O)COC)CC1CCC(C)=O. The van der Waals surface area contributed by atoms with Crippen LogP contribution in [0.5, 0.6) is 0 Å². The number of carbonyl (C=O) groups excluding carboxylic acids is 4. The minimum absolute atomic E-state index is 0.0199. The van der Waals surface area contributed by atoms with Gasteiger partial charge in [0.15, 0.2) is 5.78 Å². The zero-order valence-electron chi connectivity index (χ0n) is 15.1. The maximum Gasteiger partial charge on any atom is 0.158 e. The molecule has 3 atom stereocenters. The van der Waals surface area contributed by atoms with Crippen LogP contribution in [0, 0.1) is 17.8 Å². The fourth-order valence-corrected chi connectivity index (χ4v) is 3.65. The first-order valence-electron chi connectivity index (χ1n) is 8.94. The molecule has 24 heavy (non-hydrogen) atoms. The average Bonchev–Trinajstić information content (AvgIpc) is 2.57. The molecule has 0 aromatic rings. The Morgan fingerprint density at radius 3 is 2.29 bits per heavy atom. The van der Waals surface area contributed by atoms with Crippen molar-refractivity contribution in [2.45, 2.75) is 65.2 Å². The summed E-state index contributed by atoms with van der Waals surface area (Å²) in [6.45, 7) is 3.47. The van der Waals surface area contributed by atoms with Crippen LogP contribution in [0.25, 0.3) is 0 Å². The van der Waals surface area contributed by atoms with E-state index in [9.17, 15) is 19.2 Å². The molecule has 0 spiro atoms. The first-order chi connectivity index (χ1) is 11.4. The summed E-state index contributed by atoms with van der Waals surface area (Å²) in [5.74, 6) is 0.412. The van der Waals surface area contributed by atoms with Crippen LogP contribution in [0.1, 0.15) is 65.2 Å². The first-order valence-corrected chi connectivity index (χ1v) is 8.94. The largest absolute Gasteiger partial charge is 0.377 e. The number of carbonyl (C=O) groups is 4. The highest BCUT2D eigenvalue weighted by atomic mass is 16.5. The molecular weight excluding hydrogens is 308 g/mol. The predicted molar refractivity (Wildman–Crippen MR) is 90.7 cm³/mol. The number of ketones is 4. The third kappa shape index (κ3) is 6.63. The average molecular weight is 338 g/mol. The normalized spacial score (nSPS) is 23.7. The molecule has 0 aromatic heterocycles. The fraction of sp³-hybridized carbons (Fsp3) is 0.789. The summed E-state index contributed by atoms with van der Waals surface area (Å²) < 4.78 is 4.78. The lowest BCUT2D eigenvalue weighted by Gasteiger charge is -2.34. The van der Waals surface area contributed by atoms with Crippen LogP contribution < -0.4 is 0 Å². The van der Waals surface area contributed by atoms with Crippen LogP contribution in [0.2, 0.25) is 0 Å². The summed E-state index contributed by atoms with van der Waals surface area (Å²) in [6, 6.07) is 0. The Bertz CT molecular complexity index is 468. The maximum atomic E-state index is 12.4. The highest BCUT2D eigenvalue weighted by Crippen LogP contribution is 2.38. The van der Waals surface area contributed by atoms with Crippen LogP contribution in [0.15, 0.2) is 0 Å². The molecule has 1 aliphatic carbocycles. The molecule has 5 nitrogen and oxygen atoms in total. The van der Waals surface area contributed by atoms with Crippen LogP contribution in [-0.4, -0.2) is 36.8 Å². The predicted octanol–water partition coefficient (Wildman–Crippen LogP) is 2.93. The summed E-state index contributed by atoms with van der Waals surface area (Å²) in [7, 11) is 1.46. The van der Waals surface area contributed by atoms with E-state index < -0.39 is 0 Å². The van der Waals surface area contributed by atoms with Crippen LogP contribution in [-0.2, 0) is 23.9 Å². The Morgan fingerprint density at radius 1 is 1.00 bits per heavy atom. The number of ether oxygens (including phenoxy) is 1. The molecule has 0 aliphatic heterocycles. The van der Waals surface area contributed by atoms with Crippen molar-refractivity contribution in [3.05, 3.63) is 0 Å². The Balaban J connectivity index is 2.62. The molecule has 0 aromatic carbocycles. The van der Waals surface area contributed by atoms with Gasteiger partial charge in [0, 0.05) is 44.6 Å². The van der Waals surface area contributed by atoms with Gasteiger partial charge in [0.1, 0.15) is 24.0 Å². The standard InChI is InChI=1S/C19H30O5/c1-4-18(22)17-9-7-15(11-14(17)6-5-13(2)20)19(23)10-8-16(21)12-24-3/h14-15,17H,4-12H2,1-3H3. The zero-order chi connectivity index (χ0) is 18.1. The summed E-state index contributed by atoms with van der Waals surface area (Å²) in [6.07, 6.45) is 4.22. The van der Waals surface area contributed by atoms with E-state index in [-0.39, 0.29) is 60.3 Å². The molecule has 3 unspecified atom stereocenters. The van der Waals surface area contributed by atoms with E-state index in [4.69, 9.17) is 4.74 Å². The van der Waals surface area contributed by atoms with E-state index in [1.54, 1.807) is 6.92 Å². The molecule has 0 N–H and O–H groups in total. The van der Waals surface area contributed by atoms with Gasteiger partial charge in [-0.3, -0.25) is 14.4 Å². The Morgan fingerprint density at radius 2 is 1.71 bits per heavy atom. The molecule has 1 aliphatic rings. The number of hydrogen-bond donors (Lipinski definition) is 0. The second kappa shape index (κ2) is 10.5. The lowest BCUT2D eigenvalue weighted by Crippen LogP contribution is -2.34. The third-order valence-corrected chi connectivity index (χ3v) is 5.02. The van der Waals surface area contributed by atoms with Crippen molar-refractivity contribution in [1.29, 1.82) is 0 Å². The molecule has 0 amide bonds. The van der Waals surface area contributed by atoms with Gasteiger partial charge in [-0.15, -0.1) is 0 Å². The van der Waals surface area contributed by atoms with Gasteiger partial charge in [0.2, 0.25) is 0 Å². The molecule has 136 valence electrons. The van der Waals surface area contributed by atoms with Gasteiger partial charge >= 0.3 is 0 Å². The summed E-state index contributed by atoms with van der Waals surface area (Å²) >= 11 is 0. The van der Waals surface area contributed by atoms with Crippen LogP contribution in [0.4, 0.5) is 0 Å². The smallest absolute Gasteiger partial charge is 0.158 e. The number of rotatable bonds is 11. The zero-order valence-corrected chi connectivity index (χ0v) is 15.1. The lowest BCUT2D eigenvalue weighted by atomic mass is 9.68. The van der Waals surface area contributed by atoms with Crippen LogP contribution in [0.3, 0.4) is 0 Å². The summed E-state index contributed by atoms with van der Waals surface area (Å²) in [4.78, 5) is 47.3. The third-order valence-electron chi connectivity index (χ3n) is 5.02. The molecule has 0 radical (unpaired) electrons. The molecule has 0 bridgehead atoms. The molecule has 1 rings (SSSR count). The Labute approximate surface area is 144 Å². The Kier molecular flexibility index (Phi) is 9.04. The van der Waals surface area contributed by atoms with Crippen molar-refractivity contribution < 1.29 is 23.9 Å². The number of Topliss-reactive ketones (excluding diaryl/α,β-unsaturated/α-hetero) is 4. The second-order valence-electron chi connectivity index (χ2n) is 6.88. The van der Waals surface area contributed by atoms with Crippen molar-refractivity contribution in [2.24, 2.45) is 17.8 Å². The Hall–Kier alpha value is -1.36. The highest BCUT2D eigenvalue weighted by molar-refractivity contribution is 5.88.